The Balaban J connectivity index is 1.40. The first-order valence-electron chi connectivity index (χ1n) is 12.1. The third-order valence-corrected chi connectivity index (χ3v) is 9.22. The van der Waals surface area contributed by atoms with Crippen LogP contribution in [0.25, 0.3) is 0 Å². The monoisotopic (exact) mass is 555 g/mol. The fourth-order valence-electron chi connectivity index (χ4n) is 5.52. The number of pyridine rings is 2. The molecule has 4 heterocycles. The second-order valence-corrected chi connectivity index (χ2v) is 12.6. The zero-order valence-corrected chi connectivity index (χ0v) is 22.8. The van der Waals surface area contributed by atoms with E-state index in [9.17, 15) is 8.42 Å². The molecule has 196 valence electrons. The molecule has 5 unspecified atom stereocenters. The van der Waals surface area contributed by atoms with E-state index in [4.69, 9.17) is 32.7 Å². The molecule has 0 amide bonds. The van der Waals surface area contributed by atoms with E-state index in [2.05, 4.69) is 20.8 Å². The third kappa shape index (κ3) is 4.97. The lowest BCUT2D eigenvalue weighted by atomic mass is 9.77. The number of sulfone groups is 1. The maximum atomic E-state index is 12.6. The normalized spacial score (nSPS) is 29.0. The predicted molar refractivity (Wildman–Crippen MR) is 138 cm³/mol. The van der Waals surface area contributed by atoms with Crippen molar-refractivity contribution in [3.63, 3.8) is 0 Å². The van der Waals surface area contributed by atoms with Crippen LogP contribution < -0.4 is 15.8 Å². The van der Waals surface area contributed by atoms with Crippen LogP contribution in [-0.2, 0) is 19.3 Å². The van der Waals surface area contributed by atoms with Gasteiger partial charge in [0.2, 0.25) is 0 Å². The van der Waals surface area contributed by atoms with E-state index in [-0.39, 0.29) is 41.2 Å². The molecule has 9 nitrogen and oxygen atoms in total. The van der Waals surface area contributed by atoms with E-state index >= 15 is 0 Å². The van der Waals surface area contributed by atoms with Gasteiger partial charge in [-0.15, -0.1) is 0 Å². The summed E-state index contributed by atoms with van der Waals surface area (Å²) in [6.07, 6.45) is 7.93. The first kappa shape index (κ1) is 26.1. The van der Waals surface area contributed by atoms with Gasteiger partial charge in [0.1, 0.15) is 10.7 Å². The maximum Gasteiger partial charge on any atom is 0.179 e. The highest BCUT2D eigenvalue weighted by molar-refractivity contribution is 7.90. The number of nitrogens with one attached hydrogen (secondary N) is 2. The average Bonchev–Trinajstić information content (AvgIpc) is 3.19. The predicted octanol–water partition coefficient (Wildman–Crippen LogP) is 3.49. The van der Waals surface area contributed by atoms with Crippen molar-refractivity contribution in [2.45, 2.75) is 61.5 Å². The van der Waals surface area contributed by atoms with Gasteiger partial charge in [-0.2, -0.15) is 0 Å². The quantitative estimate of drug-likeness (QED) is 0.530. The number of methoxy groups -OCH3 is 1. The Hall–Kier alpha value is -1.53. The van der Waals surface area contributed by atoms with Crippen LogP contribution in [0.4, 0.5) is 5.82 Å². The highest BCUT2D eigenvalue weighted by Gasteiger charge is 2.46. The summed E-state index contributed by atoms with van der Waals surface area (Å²) in [6.45, 7) is 3.57. The summed E-state index contributed by atoms with van der Waals surface area (Å²) in [4.78, 5) is 10.9. The fraction of sp³-hybridized carbons (Fsp3) is 0.583. The Kier molecular flexibility index (Phi) is 7.48. The smallest absolute Gasteiger partial charge is 0.179 e. The van der Waals surface area contributed by atoms with Crippen molar-refractivity contribution in [2.75, 3.05) is 31.4 Å². The summed E-state index contributed by atoms with van der Waals surface area (Å²) >= 11 is 12.7. The summed E-state index contributed by atoms with van der Waals surface area (Å²) < 4.78 is 37.6. The van der Waals surface area contributed by atoms with Gasteiger partial charge in [-0.1, -0.05) is 23.2 Å². The van der Waals surface area contributed by atoms with Crippen molar-refractivity contribution in [1.82, 2.24) is 20.8 Å². The van der Waals surface area contributed by atoms with Crippen LogP contribution >= 0.6 is 23.2 Å². The molecule has 0 spiro atoms. The maximum absolute atomic E-state index is 12.6. The summed E-state index contributed by atoms with van der Waals surface area (Å²) in [5.41, 5.74) is 8.31. The molecule has 12 heteroatoms. The molecular formula is C24H31Cl2N5O4S. The number of nitrogens with zero attached hydrogens (tertiary/aromatic N) is 3. The first-order valence-corrected chi connectivity index (χ1v) is 14.7. The molecule has 36 heavy (non-hydrogen) atoms. The lowest BCUT2D eigenvalue weighted by molar-refractivity contribution is -0.117. The van der Waals surface area contributed by atoms with Crippen molar-refractivity contribution in [3.8, 4) is 0 Å². The topological polar surface area (TPSA) is 106 Å². The van der Waals surface area contributed by atoms with E-state index in [1.807, 2.05) is 11.8 Å². The number of hydrogen-bond acceptors (Lipinski definition) is 9. The lowest BCUT2D eigenvalue weighted by Crippen LogP contribution is -2.47. The minimum atomic E-state index is -3.44. The minimum Gasteiger partial charge on any atom is -0.379 e. The van der Waals surface area contributed by atoms with Gasteiger partial charge in [-0.3, -0.25) is 10.4 Å². The third-order valence-electron chi connectivity index (χ3n) is 7.52. The Morgan fingerprint density at radius 1 is 1.11 bits per heavy atom. The largest absolute Gasteiger partial charge is 0.379 e. The fourth-order valence-corrected chi connectivity index (χ4v) is 7.06. The second kappa shape index (κ2) is 10.3. The molecular weight excluding hydrogens is 525 g/mol. The van der Waals surface area contributed by atoms with Crippen LogP contribution in [0.2, 0.25) is 10.0 Å². The molecule has 2 N–H and O–H groups in total. The summed E-state index contributed by atoms with van der Waals surface area (Å²) in [5.74, 6) is 0.681. The number of ether oxygens (including phenoxy) is 2. The van der Waals surface area contributed by atoms with Crippen molar-refractivity contribution < 1.29 is 17.9 Å². The number of rotatable bonds is 7. The Morgan fingerprint density at radius 2 is 1.83 bits per heavy atom. The van der Waals surface area contributed by atoms with E-state index in [1.54, 1.807) is 31.8 Å². The molecule has 5 rings (SSSR count). The molecule has 0 aromatic carbocycles. The van der Waals surface area contributed by atoms with E-state index in [1.165, 1.54) is 6.26 Å². The number of fused-ring (bicyclic) bond motifs is 1. The van der Waals surface area contributed by atoms with Crippen LogP contribution in [0.15, 0.2) is 29.6 Å². The van der Waals surface area contributed by atoms with Gasteiger partial charge in [0.25, 0.3) is 0 Å². The van der Waals surface area contributed by atoms with Gasteiger partial charge < -0.3 is 14.4 Å². The van der Waals surface area contributed by atoms with Crippen LogP contribution in [0.1, 0.15) is 49.5 Å². The molecule has 0 bridgehead atoms. The second-order valence-electron chi connectivity index (χ2n) is 9.82. The van der Waals surface area contributed by atoms with Gasteiger partial charge >= 0.3 is 0 Å². The van der Waals surface area contributed by atoms with Crippen molar-refractivity contribution in [1.29, 1.82) is 0 Å². The van der Waals surface area contributed by atoms with E-state index in [0.717, 1.165) is 31.5 Å². The summed E-state index contributed by atoms with van der Waals surface area (Å²) in [7, 11) is -1.75. The van der Waals surface area contributed by atoms with E-state index in [0.29, 0.717) is 27.8 Å². The van der Waals surface area contributed by atoms with Crippen molar-refractivity contribution >= 4 is 38.9 Å². The molecule has 2 aromatic rings. The van der Waals surface area contributed by atoms with Crippen LogP contribution in [-0.4, -0.2) is 63.1 Å². The highest BCUT2D eigenvalue weighted by Crippen LogP contribution is 2.43. The number of aromatic nitrogens is 2. The van der Waals surface area contributed by atoms with Crippen LogP contribution in [0.5, 0.6) is 0 Å². The van der Waals surface area contributed by atoms with Gasteiger partial charge in [-0.05, 0) is 43.7 Å². The van der Waals surface area contributed by atoms with E-state index < -0.39 is 9.84 Å². The van der Waals surface area contributed by atoms with Crippen molar-refractivity contribution in [3.05, 3.63) is 45.8 Å². The summed E-state index contributed by atoms with van der Waals surface area (Å²) in [5, 5.41) is 0.919. The molecule has 6 atom stereocenters. The first-order chi connectivity index (χ1) is 17.2. The Bertz CT molecular complexity index is 1210. The Labute approximate surface area is 221 Å². The average molecular weight is 557 g/mol. The van der Waals surface area contributed by atoms with Gasteiger partial charge in [0, 0.05) is 56.7 Å². The zero-order chi connectivity index (χ0) is 25.6. The van der Waals surface area contributed by atoms with Gasteiger partial charge in [0.15, 0.2) is 9.84 Å². The Morgan fingerprint density at radius 3 is 2.44 bits per heavy atom. The zero-order valence-electron chi connectivity index (χ0n) is 20.4. The van der Waals surface area contributed by atoms with Gasteiger partial charge in [0.05, 0.1) is 34.4 Å². The van der Waals surface area contributed by atoms with Crippen molar-refractivity contribution in [2.24, 2.45) is 5.92 Å². The number of halogens is 2. The molecule has 3 aliphatic rings. The SMILES string of the molecule is COC1CC2NNC(c3cnc(N4CCC4)c(S(C)(=O)=O)c3)C2CC1O[C@H](C)c1c(Cl)cncc1Cl. The van der Waals surface area contributed by atoms with Crippen LogP contribution in [0.3, 0.4) is 0 Å². The van der Waals surface area contributed by atoms with Crippen LogP contribution in [0, 0.1) is 5.92 Å². The highest BCUT2D eigenvalue weighted by atomic mass is 35.5. The number of hydrazine groups is 1. The number of anilines is 1. The minimum absolute atomic E-state index is 0.124. The molecule has 1 saturated carbocycles. The lowest BCUT2D eigenvalue weighted by Gasteiger charge is -2.39. The van der Waals surface area contributed by atoms with Gasteiger partial charge in [-0.25, -0.2) is 18.8 Å². The molecule has 1 aliphatic carbocycles. The molecule has 0 radical (unpaired) electrons. The molecule has 2 aromatic heterocycles. The number of hydrogen-bond donors (Lipinski definition) is 2. The summed E-state index contributed by atoms with van der Waals surface area (Å²) in [6, 6.07) is 1.79. The molecule has 3 fully saturated rings. The molecule has 2 saturated heterocycles. The standard InChI is InChI=1S/C24H31Cl2N5O4S/c1-13(22-16(25)11-27-12-17(22)26)35-20-8-15-18(9-19(20)34-2)29-30-23(15)14-7-21(36(3,32)33)24(28-10-14)31-5-4-6-31/h7,10-13,15,18-20,23,29-30H,4-6,8-9H2,1-3H3/t13-,15?,18?,19?,20?,23?/m1/s1. The molecule has 2 aliphatic heterocycles.